The van der Waals surface area contributed by atoms with Gasteiger partial charge in [0.15, 0.2) is 0 Å². The first-order chi connectivity index (χ1) is 8.86. The quantitative estimate of drug-likeness (QED) is 0.530. The largest absolute Gasteiger partial charge is 0.381 e. The maximum absolute atomic E-state index is 5.83. The lowest BCUT2D eigenvalue weighted by Gasteiger charge is -2.50. The van der Waals surface area contributed by atoms with Crippen LogP contribution in [-0.2, 0) is 4.74 Å². The standard InChI is InChI=1S/C13H26N4O/c14-15-12(9-11-1-7-18-8-2-11)13-10-16-3-5-17(13)6-4-16/h11-13,15H,1-10,14H2. The average molecular weight is 254 g/mol. The number of nitrogens with one attached hydrogen (secondary N) is 1. The summed E-state index contributed by atoms with van der Waals surface area (Å²) >= 11 is 0. The maximum atomic E-state index is 5.83. The number of rotatable bonds is 4. The molecular weight excluding hydrogens is 228 g/mol. The fourth-order valence-electron chi connectivity index (χ4n) is 3.72. The van der Waals surface area contributed by atoms with Crippen LogP contribution in [0, 0.1) is 5.92 Å². The van der Waals surface area contributed by atoms with Gasteiger partial charge in [-0.1, -0.05) is 0 Å². The summed E-state index contributed by atoms with van der Waals surface area (Å²) in [5, 5.41) is 0. The van der Waals surface area contributed by atoms with Crippen LogP contribution in [-0.4, -0.2) is 67.8 Å². The molecule has 104 valence electrons. The van der Waals surface area contributed by atoms with E-state index in [0.29, 0.717) is 12.1 Å². The molecule has 18 heavy (non-hydrogen) atoms. The number of hydrogen-bond donors (Lipinski definition) is 2. The zero-order valence-electron chi connectivity index (χ0n) is 11.2. The molecule has 4 aliphatic rings. The van der Waals surface area contributed by atoms with E-state index in [1.54, 1.807) is 0 Å². The minimum Gasteiger partial charge on any atom is -0.381 e. The van der Waals surface area contributed by atoms with Crippen molar-refractivity contribution in [2.45, 2.75) is 31.3 Å². The highest BCUT2D eigenvalue weighted by Gasteiger charge is 2.37. The van der Waals surface area contributed by atoms with Crippen molar-refractivity contribution in [2.75, 3.05) is 45.9 Å². The van der Waals surface area contributed by atoms with Gasteiger partial charge in [-0.15, -0.1) is 0 Å². The molecule has 0 radical (unpaired) electrons. The lowest BCUT2D eigenvalue weighted by atomic mass is 9.88. The van der Waals surface area contributed by atoms with Crippen LogP contribution in [0.2, 0.25) is 0 Å². The first-order valence-electron chi connectivity index (χ1n) is 7.37. The van der Waals surface area contributed by atoms with Crippen molar-refractivity contribution >= 4 is 0 Å². The molecule has 3 N–H and O–H groups in total. The summed E-state index contributed by atoms with van der Waals surface area (Å²) in [6.07, 6.45) is 3.61. The third kappa shape index (κ3) is 2.70. The van der Waals surface area contributed by atoms with Gasteiger partial charge in [-0.2, -0.15) is 0 Å². The summed E-state index contributed by atoms with van der Waals surface area (Å²) < 4.78 is 5.44. The fraction of sp³-hybridized carbons (Fsp3) is 1.00. The second kappa shape index (κ2) is 5.84. The average Bonchev–Trinajstić information content (AvgIpc) is 2.47. The molecule has 2 unspecified atom stereocenters. The van der Waals surface area contributed by atoms with E-state index in [-0.39, 0.29) is 0 Å². The molecule has 0 aromatic carbocycles. The van der Waals surface area contributed by atoms with E-state index in [2.05, 4.69) is 15.2 Å². The predicted molar refractivity (Wildman–Crippen MR) is 71.1 cm³/mol. The first kappa shape index (κ1) is 12.8. The molecule has 0 aliphatic carbocycles. The second-order valence-electron chi connectivity index (χ2n) is 5.97. The highest BCUT2D eigenvalue weighted by molar-refractivity contribution is 4.95. The Labute approximate surface area is 110 Å². The van der Waals surface area contributed by atoms with Crippen molar-refractivity contribution in [1.82, 2.24) is 15.2 Å². The van der Waals surface area contributed by atoms with E-state index in [9.17, 15) is 0 Å². The van der Waals surface area contributed by atoms with Gasteiger partial charge in [0.2, 0.25) is 0 Å². The minimum atomic E-state index is 0.441. The Hall–Kier alpha value is -0.200. The number of nitrogens with zero attached hydrogens (tertiary/aromatic N) is 2. The van der Waals surface area contributed by atoms with Crippen LogP contribution in [0.3, 0.4) is 0 Å². The summed E-state index contributed by atoms with van der Waals surface area (Å²) in [4.78, 5) is 5.21. The highest BCUT2D eigenvalue weighted by Crippen LogP contribution is 2.25. The van der Waals surface area contributed by atoms with Crippen molar-refractivity contribution < 1.29 is 4.74 Å². The topological polar surface area (TPSA) is 53.8 Å². The van der Waals surface area contributed by atoms with E-state index < -0.39 is 0 Å². The summed E-state index contributed by atoms with van der Waals surface area (Å²) in [7, 11) is 0. The Bertz CT molecular complexity index is 262. The highest BCUT2D eigenvalue weighted by atomic mass is 16.5. The molecule has 4 aliphatic heterocycles. The molecule has 2 atom stereocenters. The van der Waals surface area contributed by atoms with Crippen LogP contribution >= 0.6 is 0 Å². The van der Waals surface area contributed by atoms with Crippen molar-refractivity contribution in [3.8, 4) is 0 Å². The monoisotopic (exact) mass is 254 g/mol. The van der Waals surface area contributed by atoms with Crippen molar-refractivity contribution in [3.05, 3.63) is 0 Å². The van der Waals surface area contributed by atoms with E-state index >= 15 is 0 Å². The maximum Gasteiger partial charge on any atom is 0.0468 e. The van der Waals surface area contributed by atoms with Crippen LogP contribution in [0.1, 0.15) is 19.3 Å². The van der Waals surface area contributed by atoms with Gasteiger partial charge >= 0.3 is 0 Å². The lowest BCUT2D eigenvalue weighted by molar-refractivity contribution is -0.0120. The van der Waals surface area contributed by atoms with Gasteiger partial charge in [-0.3, -0.25) is 21.1 Å². The number of nitrogens with two attached hydrogens (primary N) is 1. The van der Waals surface area contributed by atoms with Crippen molar-refractivity contribution in [2.24, 2.45) is 11.8 Å². The molecule has 2 bridgehead atoms. The summed E-state index contributed by atoms with van der Waals surface area (Å²) in [6, 6.07) is 1.05. The van der Waals surface area contributed by atoms with Gasteiger partial charge in [-0.05, 0) is 25.2 Å². The molecule has 5 heteroatoms. The summed E-state index contributed by atoms with van der Waals surface area (Å²) in [5.41, 5.74) is 3.09. The van der Waals surface area contributed by atoms with Gasteiger partial charge in [0.1, 0.15) is 0 Å². The molecule has 4 saturated heterocycles. The molecule has 0 saturated carbocycles. The molecule has 4 fully saturated rings. The Morgan fingerprint density at radius 3 is 2.44 bits per heavy atom. The number of piperazine rings is 3. The van der Waals surface area contributed by atoms with E-state index in [1.807, 2.05) is 0 Å². The molecular formula is C13H26N4O. The van der Waals surface area contributed by atoms with Crippen molar-refractivity contribution in [1.29, 1.82) is 0 Å². The molecule has 0 spiro atoms. The number of hydrazine groups is 1. The Kier molecular flexibility index (Phi) is 4.16. The van der Waals surface area contributed by atoms with Gasteiger partial charge in [0.05, 0.1) is 0 Å². The molecule has 4 rings (SSSR count). The molecule has 0 amide bonds. The van der Waals surface area contributed by atoms with Gasteiger partial charge in [-0.25, -0.2) is 0 Å². The number of ether oxygens (including phenoxy) is 1. The minimum absolute atomic E-state index is 0.441. The smallest absolute Gasteiger partial charge is 0.0468 e. The van der Waals surface area contributed by atoms with E-state index in [0.717, 1.165) is 19.1 Å². The molecule has 5 nitrogen and oxygen atoms in total. The van der Waals surface area contributed by atoms with Gasteiger partial charge in [0.25, 0.3) is 0 Å². The number of fused-ring (bicyclic) bond motifs is 3. The second-order valence-corrected chi connectivity index (χ2v) is 5.97. The molecule has 4 heterocycles. The van der Waals surface area contributed by atoms with E-state index in [4.69, 9.17) is 10.6 Å². The zero-order chi connectivity index (χ0) is 12.4. The SMILES string of the molecule is NNC(CC1CCOCC1)C1CN2CCN1CC2. The third-order valence-electron chi connectivity index (χ3n) is 4.93. The van der Waals surface area contributed by atoms with Crippen molar-refractivity contribution in [3.63, 3.8) is 0 Å². The molecule has 0 aromatic rings. The third-order valence-corrected chi connectivity index (χ3v) is 4.93. The molecule has 0 aromatic heterocycles. The summed E-state index contributed by atoms with van der Waals surface area (Å²) in [6.45, 7) is 7.98. The van der Waals surface area contributed by atoms with Crippen LogP contribution in [0.25, 0.3) is 0 Å². The van der Waals surface area contributed by atoms with E-state index in [1.165, 1.54) is 52.0 Å². The Balaban J connectivity index is 1.57. The predicted octanol–water partition coefficient (Wildman–Crippen LogP) is -0.365. The fourth-order valence-corrected chi connectivity index (χ4v) is 3.72. The Morgan fingerprint density at radius 1 is 1.17 bits per heavy atom. The van der Waals surface area contributed by atoms with Crippen LogP contribution in [0.4, 0.5) is 0 Å². The number of hydrogen-bond acceptors (Lipinski definition) is 5. The van der Waals surface area contributed by atoms with Gasteiger partial charge < -0.3 is 4.74 Å². The zero-order valence-corrected chi connectivity index (χ0v) is 11.2. The van der Waals surface area contributed by atoms with Crippen LogP contribution < -0.4 is 11.3 Å². The Morgan fingerprint density at radius 2 is 1.89 bits per heavy atom. The van der Waals surface area contributed by atoms with Crippen LogP contribution in [0.15, 0.2) is 0 Å². The first-order valence-corrected chi connectivity index (χ1v) is 7.37. The summed E-state index contributed by atoms with van der Waals surface area (Å²) in [5.74, 6) is 6.61. The normalized spacial score (nSPS) is 38.8. The lowest BCUT2D eigenvalue weighted by Crippen LogP contribution is -2.67. The van der Waals surface area contributed by atoms with Gasteiger partial charge in [0, 0.05) is 58.0 Å². The van der Waals surface area contributed by atoms with Crippen LogP contribution in [0.5, 0.6) is 0 Å².